The van der Waals surface area contributed by atoms with Crippen molar-refractivity contribution in [3.63, 3.8) is 0 Å². The molecule has 1 aliphatic heterocycles. The molecule has 0 amide bonds. The van der Waals surface area contributed by atoms with Crippen molar-refractivity contribution in [2.75, 3.05) is 46.9 Å². The molecule has 2 atom stereocenters. The molecular weight excluding hydrogens is 483 g/mol. The van der Waals surface area contributed by atoms with Gasteiger partial charge in [-0.2, -0.15) is 10.2 Å². The van der Waals surface area contributed by atoms with E-state index in [2.05, 4.69) is 52.5 Å². The Balaban J connectivity index is 0.00000300. The molecule has 1 fully saturated rings. The summed E-state index contributed by atoms with van der Waals surface area (Å²) >= 11 is 0. The van der Waals surface area contributed by atoms with E-state index < -0.39 is 0 Å². The predicted molar refractivity (Wildman–Crippen MR) is 125 cm³/mol. The maximum Gasteiger partial charge on any atom is 0.194 e. The number of hydrogen-bond donors (Lipinski definition) is 1. The Morgan fingerprint density at radius 1 is 1.28 bits per heavy atom. The van der Waals surface area contributed by atoms with E-state index in [1.165, 1.54) is 5.56 Å². The van der Waals surface area contributed by atoms with E-state index in [9.17, 15) is 0 Å². The minimum atomic E-state index is 0. The number of aryl methyl sites for hydroxylation is 2. The fourth-order valence-corrected chi connectivity index (χ4v) is 3.43. The summed E-state index contributed by atoms with van der Waals surface area (Å²) in [5.74, 6) is 0.926. The zero-order valence-electron chi connectivity index (χ0n) is 17.9. The number of rotatable bonds is 6. The Kier molecular flexibility index (Phi) is 8.90. The highest BCUT2D eigenvalue weighted by molar-refractivity contribution is 14.0. The Bertz CT molecular complexity index is 787. The number of nitrogens with zero attached hydrogens (tertiary/aromatic N) is 7. The van der Waals surface area contributed by atoms with Crippen molar-refractivity contribution in [3.05, 3.63) is 35.9 Å². The lowest BCUT2D eigenvalue weighted by Crippen LogP contribution is -2.48. The molecule has 1 aliphatic rings. The van der Waals surface area contributed by atoms with Crippen molar-refractivity contribution in [3.8, 4) is 0 Å². The maximum atomic E-state index is 5.97. The fraction of sp³-hybridized carbons (Fsp3) is 0.632. The van der Waals surface area contributed by atoms with Crippen LogP contribution in [0.2, 0.25) is 0 Å². The van der Waals surface area contributed by atoms with Crippen LogP contribution < -0.4 is 5.32 Å². The lowest BCUT2D eigenvalue weighted by atomic mass is 10.1. The first-order valence-corrected chi connectivity index (χ1v) is 9.76. The summed E-state index contributed by atoms with van der Waals surface area (Å²) in [4.78, 5) is 9.41. The highest BCUT2D eigenvalue weighted by Gasteiger charge is 2.25. The first kappa shape index (κ1) is 23.6. The Morgan fingerprint density at radius 2 is 2.00 bits per heavy atom. The quantitative estimate of drug-likeness (QED) is 0.356. The summed E-state index contributed by atoms with van der Waals surface area (Å²) in [7, 11) is 8.02. The molecule has 9 nitrogen and oxygen atoms in total. The standard InChI is InChI=1S/C19H32N8O.HI/c1-6-20-19(21-11-17(24(2)3)15-9-22-25(4)12-15)27-7-8-28-18(14-27)16-10-23-26(5)13-16;/h9-10,12-13,17-18H,6-8,11,14H2,1-5H3,(H,20,21);1H. The minimum absolute atomic E-state index is 0. The molecule has 3 heterocycles. The summed E-state index contributed by atoms with van der Waals surface area (Å²) in [5.41, 5.74) is 2.27. The van der Waals surface area contributed by atoms with Crippen molar-refractivity contribution in [2.24, 2.45) is 19.1 Å². The summed E-state index contributed by atoms with van der Waals surface area (Å²) in [6.07, 6.45) is 7.88. The smallest absolute Gasteiger partial charge is 0.194 e. The monoisotopic (exact) mass is 516 g/mol. The average Bonchev–Trinajstić information content (AvgIpc) is 3.29. The molecule has 2 aromatic heterocycles. The lowest BCUT2D eigenvalue weighted by Gasteiger charge is -2.35. The molecule has 0 radical (unpaired) electrons. The normalized spacial score (nSPS) is 18.6. The molecule has 2 aromatic rings. The molecule has 0 aromatic carbocycles. The van der Waals surface area contributed by atoms with Gasteiger partial charge in [0, 0.05) is 50.7 Å². The number of halogens is 1. The van der Waals surface area contributed by atoms with Crippen LogP contribution in [-0.2, 0) is 18.8 Å². The van der Waals surface area contributed by atoms with Crippen LogP contribution in [0.1, 0.15) is 30.2 Å². The number of ether oxygens (including phenoxy) is 1. The first-order valence-electron chi connectivity index (χ1n) is 9.76. The third-order valence-electron chi connectivity index (χ3n) is 4.94. The van der Waals surface area contributed by atoms with Crippen molar-refractivity contribution >= 4 is 29.9 Å². The Morgan fingerprint density at radius 3 is 2.59 bits per heavy atom. The second-order valence-electron chi connectivity index (χ2n) is 7.37. The number of guanidine groups is 1. The second kappa shape index (κ2) is 10.9. The van der Waals surface area contributed by atoms with Gasteiger partial charge in [0.1, 0.15) is 6.10 Å². The second-order valence-corrected chi connectivity index (χ2v) is 7.37. The molecule has 1 N–H and O–H groups in total. The fourth-order valence-electron chi connectivity index (χ4n) is 3.43. The lowest BCUT2D eigenvalue weighted by molar-refractivity contribution is -0.00807. The largest absolute Gasteiger partial charge is 0.370 e. The number of aliphatic imine (C=N–C) groups is 1. The van der Waals surface area contributed by atoms with Gasteiger partial charge >= 0.3 is 0 Å². The van der Waals surface area contributed by atoms with Gasteiger partial charge in [-0.3, -0.25) is 14.4 Å². The third kappa shape index (κ3) is 6.16. The number of likely N-dealkylation sites (N-methyl/N-ethyl adjacent to an activating group) is 1. The third-order valence-corrected chi connectivity index (χ3v) is 4.94. The average molecular weight is 516 g/mol. The number of hydrogen-bond acceptors (Lipinski definition) is 5. The van der Waals surface area contributed by atoms with E-state index in [0.29, 0.717) is 13.2 Å². The van der Waals surface area contributed by atoms with Crippen LogP contribution in [0.15, 0.2) is 29.8 Å². The van der Waals surface area contributed by atoms with Gasteiger partial charge in [0.25, 0.3) is 0 Å². The molecule has 10 heteroatoms. The SMILES string of the molecule is CCNC(=NCC(c1cnn(C)c1)N(C)C)N1CCOC(c2cnn(C)c2)C1.I. The molecule has 0 bridgehead atoms. The van der Waals surface area contributed by atoms with Gasteiger partial charge in [-0.15, -0.1) is 24.0 Å². The van der Waals surface area contributed by atoms with E-state index in [4.69, 9.17) is 9.73 Å². The van der Waals surface area contributed by atoms with Crippen molar-refractivity contribution in [1.29, 1.82) is 0 Å². The molecule has 29 heavy (non-hydrogen) atoms. The summed E-state index contributed by atoms with van der Waals surface area (Å²) in [5, 5.41) is 12.0. The zero-order valence-corrected chi connectivity index (χ0v) is 20.3. The van der Waals surface area contributed by atoms with Crippen LogP contribution in [0.25, 0.3) is 0 Å². The highest BCUT2D eigenvalue weighted by atomic mass is 127. The van der Waals surface area contributed by atoms with Crippen LogP contribution in [-0.4, -0.2) is 82.2 Å². The molecule has 1 saturated heterocycles. The highest BCUT2D eigenvalue weighted by Crippen LogP contribution is 2.22. The predicted octanol–water partition coefficient (Wildman–Crippen LogP) is 1.41. The molecule has 162 valence electrons. The van der Waals surface area contributed by atoms with Crippen LogP contribution in [0.3, 0.4) is 0 Å². The summed E-state index contributed by atoms with van der Waals surface area (Å²) < 4.78 is 9.62. The van der Waals surface area contributed by atoms with Gasteiger partial charge in [0.05, 0.1) is 38.1 Å². The van der Waals surface area contributed by atoms with Crippen molar-refractivity contribution in [1.82, 2.24) is 34.7 Å². The Labute approximate surface area is 190 Å². The molecule has 0 saturated carbocycles. The van der Waals surface area contributed by atoms with E-state index in [0.717, 1.165) is 31.2 Å². The van der Waals surface area contributed by atoms with Gasteiger partial charge in [0.2, 0.25) is 0 Å². The van der Waals surface area contributed by atoms with Gasteiger partial charge in [-0.05, 0) is 21.0 Å². The van der Waals surface area contributed by atoms with E-state index >= 15 is 0 Å². The van der Waals surface area contributed by atoms with Crippen LogP contribution >= 0.6 is 24.0 Å². The molecular formula is C19H33IN8O. The van der Waals surface area contributed by atoms with E-state index in [1.807, 2.05) is 42.0 Å². The molecule has 3 rings (SSSR count). The number of morpholine rings is 1. The van der Waals surface area contributed by atoms with Crippen molar-refractivity contribution in [2.45, 2.75) is 19.1 Å². The van der Waals surface area contributed by atoms with E-state index in [-0.39, 0.29) is 36.1 Å². The van der Waals surface area contributed by atoms with Crippen LogP contribution in [0.5, 0.6) is 0 Å². The topological polar surface area (TPSA) is 75.7 Å². The number of nitrogens with one attached hydrogen (secondary N) is 1. The zero-order chi connectivity index (χ0) is 20.1. The van der Waals surface area contributed by atoms with Gasteiger partial charge in [-0.25, -0.2) is 0 Å². The molecule has 2 unspecified atom stereocenters. The van der Waals surface area contributed by atoms with Crippen LogP contribution in [0, 0.1) is 0 Å². The Hall–Kier alpha value is -1.66. The maximum absolute atomic E-state index is 5.97. The van der Waals surface area contributed by atoms with Crippen molar-refractivity contribution < 1.29 is 4.74 Å². The summed E-state index contributed by atoms with van der Waals surface area (Å²) in [6, 6.07) is 0.178. The van der Waals surface area contributed by atoms with Gasteiger partial charge in [0.15, 0.2) is 5.96 Å². The van der Waals surface area contributed by atoms with E-state index in [1.54, 1.807) is 0 Å². The molecule has 0 aliphatic carbocycles. The minimum Gasteiger partial charge on any atom is -0.370 e. The first-order chi connectivity index (χ1) is 13.5. The summed E-state index contributed by atoms with van der Waals surface area (Å²) in [6.45, 7) is 5.84. The van der Waals surface area contributed by atoms with Crippen LogP contribution in [0.4, 0.5) is 0 Å². The number of aromatic nitrogens is 4. The van der Waals surface area contributed by atoms with Gasteiger partial charge < -0.3 is 19.9 Å². The van der Waals surface area contributed by atoms with Gasteiger partial charge in [-0.1, -0.05) is 0 Å². The molecule has 0 spiro atoms.